The number of benzene rings is 2. The van der Waals surface area contributed by atoms with Crippen LogP contribution in [-0.2, 0) is 0 Å². The van der Waals surface area contributed by atoms with Gasteiger partial charge in [0.05, 0.1) is 15.7 Å². The Labute approximate surface area is 203 Å². The fourth-order valence-corrected chi connectivity index (χ4v) is 5.65. The molecule has 162 valence electrons. The molecule has 0 bridgehead atoms. The number of furan rings is 1. The van der Waals surface area contributed by atoms with Gasteiger partial charge in [0, 0.05) is 33.7 Å². The Kier molecular flexibility index (Phi) is 5.96. The van der Waals surface area contributed by atoms with E-state index in [1.807, 2.05) is 18.2 Å². The van der Waals surface area contributed by atoms with Crippen molar-refractivity contribution in [1.82, 2.24) is 5.43 Å². The van der Waals surface area contributed by atoms with Crippen molar-refractivity contribution in [2.24, 2.45) is 5.10 Å². The van der Waals surface area contributed by atoms with Gasteiger partial charge in [-0.2, -0.15) is 5.10 Å². The zero-order valence-electron chi connectivity index (χ0n) is 17.6. The average molecular weight is 568 g/mol. The van der Waals surface area contributed by atoms with Crippen molar-refractivity contribution in [3.8, 4) is 0 Å². The summed E-state index contributed by atoms with van der Waals surface area (Å²) in [4.78, 5) is 14.8. The lowest BCUT2D eigenvalue weighted by molar-refractivity contribution is 0.0929. The van der Waals surface area contributed by atoms with E-state index in [2.05, 4.69) is 81.2 Å². The van der Waals surface area contributed by atoms with Gasteiger partial charge in [0.2, 0.25) is 0 Å². The molecule has 5 nitrogen and oxygen atoms in total. The molecular weight excluding hydrogens is 546 g/mol. The summed E-state index contributed by atoms with van der Waals surface area (Å²) in [6.45, 7) is 6.70. The average Bonchev–Trinajstić information content (AvgIpc) is 3.11. The quantitative estimate of drug-likeness (QED) is 0.271. The molecule has 2 aromatic carbocycles. The van der Waals surface area contributed by atoms with Crippen molar-refractivity contribution in [2.75, 3.05) is 11.9 Å². The Hall–Kier alpha value is -1.83. The molecule has 0 fully saturated rings. The maximum absolute atomic E-state index is 12.5. The number of amides is 1. The van der Waals surface area contributed by atoms with Gasteiger partial charge in [0.25, 0.3) is 0 Å². The summed E-state index contributed by atoms with van der Waals surface area (Å²) in [5, 5.41) is 5.51. The van der Waals surface area contributed by atoms with E-state index in [0.29, 0.717) is 16.5 Å². The number of hydrogen-bond acceptors (Lipinski definition) is 4. The molecule has 0 saturated heterocycles. The third kappa shape index (κ3) is 4.28. The fourth-order valence-electron chi connectivity index (χ4n) is 4.11. The third-order valence-corrected chi connectivity index (χ3v) is 7.26. The molecule has 1 aliphatic heterocycles. The minimum absolute atomic E-state index is 0.0660. The maximum Gasteiger partial charge on any atom is 0.307 e. The highest BCUT2D eigenvalue weighted by molar-refractivity contribution is 9.11. The Bertz CT molecular complexity index is 1220. The van der Waals surface area contributed by atoms with Gasteiger partial charge >= 0.3 is 5.91 Å². The van der Waals surface area contributed by atoms with Crippen molar-refractivity contribution < 1.29 is 9.21 Å². The van der Waals surface area contributed by atoms with Crippen molar-refractivity contribution in [1.29, 1.82) is 0 Å². The van der Waals surface area contributed by atoms with Gasteiger partial charge in [0.1, 0.15) is 5.58 Å². The predicted octanol–water partition coefficient (Wildman–Crippen LogP) is 7.10. The molecule has 1 N–H and O–H groups in total. The monoisotopic (exact) mass is 565 g/mol. The largest absolute Gasteiger partial charge is 0.450 e. The summed E-state index contributed by atoms with van der Waals surface area (Å²) in [6.07, 6.45) is 2.62. The van der Waals surface area contributed by atoms with Crippen LogP contribution in [0.25, 0.3) is 11.0 Å². The van der Waals surface area contributed by atoms with E-state index < -0.39 is 5.91 Å². The fraction of sp³-hybridized carbons (Fsp3) is 0.304. The number of fused-ring (bicyclic) bond motifs is 2. The molecule has 8 heteroatoms. The molecule has 31 heavy (non-hydrogen) atoms. The predicted molar refractivity (Wildman–Crippen MR) is 134 cm³/mol. The SMILES string of the molecule is CC1CC(C)(C)N(C)c2cc(Cl)c(/C=N\NC(=O)c3cc4cc(Br)cc(Br)c4o3)cc21. The Morgan fingerprint density at radius 2 is 2.03 bits per heavy atom. The number of halogens is 3. The first-order valence-corrected chi connectivity index (χ1v) is 11.8. The van der Waals surface area contributed by atoms with Crippen molar-refractivity contribution in [3.63, 3.8) is 0 Å². The summed E-state index contributed by atoms with van der Waals surface area (Å²) in [7, 11) is 2.10. The van der Waals surface area contributed by atoms with Crippen LogP contribution >= 0.6 is 43.5 Å². The molecule has 0 aliphatic carbocycles. The highest BCUT2D eigenvalue weighted by Crippen LogP contribution is 2.44. The van der Waals surface area contributed by atoms with Crippen molar-refractivity contribution in [3.05, 3.63) is 61.2 Å². The number of hydrogen-bond donors (Lipinski definition) is 1. The van der Waals surface area contributed by atoms with E-state index in [9.17, 15) is 4.79 Å². The maximum atomic E-state index is 12.5. The lowest BCUT2D eigenvalue weighted by atomic mass is 9.80. The number of carbonyl (C=O) groups is 1. The van der Waals surface area contributed by atoms with Crippen LogP contribution in [0.4, 0.5) is 5.69 Å². The third-order valence-electron chi connectivity index (χ3n) is 5.88. The number of nitrogens with zero attached hydrogens (tertiary/aromatic N) is 2. The molecule has 0 spiro atoms. The van der Waals surface area contributed by atoms with Gasteiger partial charge < -0.3 is 9.32 Å². The summed E-state index contributed by atoms with van der Waals surface area (Å²) >= 11 is 13.4. The Balaban J connectivity index is 1.55. The standard InChI is InChI=1S/C23H22Br2ClN3O2/c1-12-10-23(2,3)29(4)19-9-18(26)14(6-16(12)19)11-27-28-22(30)20-7-13-5-15(24)8-17(25)21(13)31-20/h5-9,11-12H,10H2,1-4H3,(H,28,30)/b27-11-. The van der Waals surface area contributed by atoms with Crippen LogP contribution in [0.5, 0.6) is 0 Å². The molecule has 1 atom stereocenters. The second kappa shape index (κ2) is 8.26. The van der Waals surface area contributed by atoms with Crippen LogP contribution in [0.15, 0.2) is 48.8 Å². The lowest BCUT2D eigenvalue weighted by Crippen LogP contribution is -2.45. The van der Waals surface area contributed by atoms with Gasteiger partial charge in [0.15, 0.2) is 5.76 Å². The second-order valence-corrected chi connectivity index (χ2v) is 10.7. The van der Waals surface area contributed by atoms with E-state index >= 15 is 0 Å². The zero-order chi connectivity index (χ0) is 22.5. The molecule has 1 aromatic heterocycles. The number of hydrazone groups is 1. The Morgan fingerprint density at radius 3 is 2.77 bits per heavy atom. The van der Waals surface area contributed by atoms with Crippen LogP contribution < -0.4 is 10.3 Å². The molecule has 1 aliphatic rings. The Morgan fingerprint density at radius 1 is 1.29 bits per heavy atom. The van der Waals surface area contributed by atoms with E-state index in [1.165, 1.54) is 5.56 Å². The topological polar surface area (TPSA) is 57.8 Å². The lowest BCUT2D eigenvalue weighted by Gasteiger charge is -2.45. The molecule has 0 radical (unpaired) electrons. The van der Waals surface area contributed by atoms with Crippen LogP contribution in [0, 0.1) is 0 Å². The van der Waals surface area contributed by atoms with E-state index in [1.54, 1.807) is 12.3 Å². The minimum atomic E-state index is -0.431. The minimum Gasteiger partial charge on any atom is -0.450 e. The van der Waals surface area contributed by atoms with Crippen LogP contribution in [0.3, 0.4) is 0 Å². The first kappa shape index (κ1) is 22.4. The summed E-state index contributed by atoms with van der Waals surface area (Å²) in [5.74, 6) is 0.146. The highest BCUT2D eigenvalue weighted by Gasteiger charge is 2.34. The van der Waals surface area contributed by atoms with Gasteiger partial charge in [-0.3, -0.25) is 4.79 Å². The van der Waals surface area contributed by atoms with E-state index in [0.717, 1.165) is 32.0 Å². The molecular formula is C23H22Br2ClN3O2. The first-order chi connectivity index (χ1) is 14.6. The normalized spacial score (nSPS) is 17.9. The van der Waals surface area contributed by atoms with E-state index in [-0.39, 0.29) is 11.3 Å². The smallest absolute Gasteiger partial charge is 0.307 e. The molecule has 1 amide bonds. The summed E-state index contributed by atoms with van der Waals surface area (Å²) < 4.78 is 7.33. The van der Waals surface area contributed by atoms with Crippen LogP contribution in [0.1, 0.15) is 54.8 Å². The van der Waals surface area contributed by atoms with Crippen molar-refractivity contribution in [2.45, 2.75) is 38.6 Å². The first-order valence-electron chi connectivity index (χ1n) is 9.86. The number of anilines is 1. The van der Waals surface area contributed by atoms with Crippen LogP contribution in [-0.4, -0.2) is 24.7 Å². The van der Waals surface area contributed by atoms with Gasteiger partial charge in [-0.15, -0.1) is 0 Å². The summed E-state index contributed by atoms with van der Waals surface area (Å²) in [6, 6.07) is 9.46. The van der Waals surface area contributed by atoms with E-state index in [4.69, 9.17) is 16.0 Å². The van der Waals surface area contributed by atoms with Crippen LogP contribution in [0.2, 0.25) is 5.02 Å². The number of nitrogens with one attached hydrogen (secondary N) is 1. The number of rotatable bonds is 3. The van der Waals surface area contributed by atoms with Gasteiger partial charge in [-0.1, -0.05) is 34.5 Å². The zero-order valence-corrected chi connectivity index (χ0v) is 21.5. The molecule has 1 unspecified atom stereocenters. The molecule has 4 rings (SSSR count). The second-order valence-electron chi connectivity index (χ2n) is 8.52. The molecule has 0 saturated carbocycles. The molecule has 2 heterocycles. The highest BCUT2D eigenvalue weighted by atomic mass is 79.9. The van der Waals surface area contributed by atoms with Gasteiger partial charge in [-0.25, -0.2) is 5.43 Å². The molecule has 3 aromatic rings. The number of carbonyl (C=O) groups excluding carboxylic acids is 1. The summed E-state index contributed by atoms with van der Waals surface area (Å²) in [5.41, 5.74) is 6.32. The van der Waals surface area contributed by atoms with Gasteiger partial charge in [-0.05, 0) is 78.0 Å². The van der Waals surface area contributed by atoms with Crippen molar-refractivity contribution >= 4 is 72.2 Å².